The number of rotatable bonds is 5. The van der Waals surface area contributed by atoms with Crippen molar-refractivity contribution in [2.45, 2.75) is 13.3 Å². The first-order valence-corrected chi connectivity index (χ1v) is 11.6. The summed E-state index contributed by atoms with van der Waals surface area (Å²) in [5.74, 6) is -0.873. The van der Waals surface area contributed by atoms with Crippen LogP contribution in [0.15, 0.2) is 77.1 Å². The monoisotopic (exact) mass is 454 g/mol. The lowest BCUT2D eigenvalue weighted by molar-refractivity contribution is -0.133. The highest BCUT2D eigenvalue weighted by Crippen LogP contribution is 2.33. The maximum absolute atomic E-state index is 10.9. The van der Waals surface area contributed by atoms with Gasteiger partial charge in [-0.25, -0.2) is 0 Å². The summed E-state index contributed by atoms with van der Waals surface area (Å²) < 4.78 is 1.82. The molecule has 1 aliphatic rings. The van der Waals surface area contributed by atoms with E-state index >= 15 is 0 Å². The number of hydrogen-bond donors (Lipinski definition) is 1. The van der Waals surface area contributed by atoms with Crippen molar-refractivity contribution >= 4 is 39.3 Å². The Morgan fingerprint density at radius 1 is 0.970 bits per heavy atom. The van der Waals surface area contributed by atoms with Gasteiger partial charge >= 0.3 is 5.97 Å². The number of carboxylic acid groups (broad SMARTS) is 1. The highest BCUT2D eigenvalue weighted by atomic mass is 32.2. The van der Waals surface area contributed by atoms with Gasteiger partial charge in [-0.15, -0.1) is 5.10 Å². The molecule has 5 rings (SSSR count). The number of carbonyl (C=O) groups is 1. The highest BCUT2D eigenvalue weighted by Gasteiger charge is 2.19. The van der Waals surface area contributed by atoms with Gasteiger partial charge < -0.3 is 5.11 Å². The molecular weight excluding hydrogens is 432 g/mol. The Hall–Kier alpha value is -3.71. The Balaban J connectivity index is 1.57. The van der Waals surface area contributed by atoms with E-state index in [2.05, 4.69) is 63.8 Å². The van der Waals surface area contributed by atoms with Crippen LogP contribution in [0.4, 0.5) is 0 Å². The number of fused-ring (bicyclic) bond motifs is 1. The van der Waals surface area contributed by atoms with Crippen molar-refractivity contribution in [2.75, 3.05) is 5.75 Å². The largest absolute Gasteiger partial charge is 0.481 e. The van der Waals surface area contributed by atoms with Gasteiger partial charge in [0.1, 0.15) is 5.04 Å². The molecule has 0 unspecified atom stereocenters. The molecule has 1 N–H and O–H groups in total. The van der Waals surface area contributed by atoms with Crippen LogP contribution in [0.1, 0.15) is 17.7 Å². The van der Waals surface area contributed by atoms with Gasteiger partial charge in [-0.2, -0.15) is 10.2 Å². The van der Waals surface area contributed by atoms with Crippen LogP contribution in [0.2, 0.25) is 0 Å². The average Bonchev–Trinajstić information content (AvgIpc) is 3.43. The molecule has 33 heavy (non-hydrogen) atoms. The minimum Gasteiger partial charge on any atom is -0.481 e. The summed E-state index contributed by atoms with van der Waals surface area (Å²) in [5.41, 5.74) is 7.13. The molecule has 0 atom stereocenters. The first-order chi connectivity index (χ1) is 16.0. The Morgan fingerprint density at radius 2 is 1.73 bits per heavy atom. The first-order valence-electron chi connectivity index (χ1n) is 10.6. The van der Waals surface area contributed by atoms with Crippen LogP contribution < -0.4 is 0 Å². The van der Waals surface area contributed by atoms with Crippen molar-refractivity contribution in [1.29, 1.82) is 0 Å². The summed E-state index contributed by atoms with van der Waals surface area (Å²) in [7, 11) is 1.92. The van der Waals surface area contributed by atoms with E-state index in [9.17, 15) is 4.79 Å². The van der Waals surface area contributed by atoms with Crippen LogP contribution >= 0.6 is 11.8 Å². The van der Waals surface area contributed by atoms with Gasteiger partial charge in [0.2, 0.25) is 0 Å². The van der Waals surface area contributed by atoms with Crippen LogP contribution in [0, 0.1) is 6.92 Å². The molecule has 0 spiro atoms. The third-order valence-electron chi connectivity index (χ3n) is 5.64. The van der Waals surface area contributed by atoms with E-state index in [1.165, 1.54) is 22.5 Å². The normalized spacial score (nSPS) is 13.3. The smallest absolute Gasteiger partial charge is 0.313 e. The average molecular weight is 455 g/mol. The fourth-order valence-corrected chi connectivity index (χ4v) is 4.71. The van der Waals surface area contributed by atoms with Crippen LogP contribution in [0.5, 0.6) is 0 Å². The lowest BCUT2D eigenvalue weighted by Gasteiger charge is -2.11. The van der Waals surface area contributed by atoms with E-state index in [-0.39, 0.29) is 5.75 Å². The molecule has 0 bridgehead atoms. The van der Waals surface area contributed by atoms with Crippen LogP contribution in [-0.2, 0) is 11.8 Å². The van der Waals surface area contributed by atoms with Crippen molar-refractivity contribution in [3.8, 4) is 22.3 Å². The van der Waals surface area contributed by atoms with Crippen molar-refractivity contribution in [3.63, 3.8) is 0 Å². The maximum Gasteiger partial charge on any atom is 0.313 e. The van der Waals surface area contributed by atoms with E-state index in [0.29, 0.717) is 6.42 Å². The Bertz CT molecular complexity index is 1450. The Labute approximate surface area is 195 Å². The molecule has 7 heteroatoms. The zero-order valence-electron chi connectivity index (χ0n) is 18.3. The van der Waals surface area contributed by atoms with Crippen molar-refractivity contribution in [2.24, 2.45) is 17.3 Å². The van der Waals surface area contributed by atoms with Crippen LogP contribution in [0.3, 0.4) is 0 Å². The fraction of sp³-hybridized carbons (Fsp3) is 0.154. The number of aliphatic carboxylic acids is 1. The van der Waals surface area contributed by atoms with Crippen molar-refractivity contribution in [1.82, 2.24) is 9.78 Å². The molecule has 1 aromatic heterocycles. The topological polar surface area (TPSA) is 79.8 Å². The van der Waals surface area contributed by atoms with Gasteiger partial charge in [0.15, 0.2) is 0 Å². The van der Waals surface area contributed by atoms with Crippen LogP contribution in [0.25, 0.3) is 33.0 Å². The number of aryl methyl sites for hydroxylation is 2. The number of hydrogen-bond acceptors (Lipinski definition) is 5. The zero-order chi connectivity index (χ0) is 22.9. The summed E-state index contributed by atoms with van der Waals surface area (Å²) in [6.45, 7) is 2.01. The van der Waals surface area contributed by atoms with Crippen molar-refractivity contribution < 1.29 is 9.90 Å². The van der Waals surface area contributed by atoms with E-state index in [1.807, 2.05) is 37.0 Å². The Kier molecular flexibility index (Phi) is 5.56. The van der Waals surface area contributed by atoms with Crippen LogP contribution in [-0.4, -0.2) is 37.4 Å². The maximum atomic E-state index is 10.9. The summed E-state index contributed by atoms with van der Waals surface area (Å²) in [6, 6.07) is 21.3. The number of aromatic nitrogens is 2. The lowest BCUT2D eigenvalue weighted by Crippen LogP contribution is -2.05. The standard InChI is InChI=1S/C26H22N4O2S/c1-16-23(14-30(2)29-16)21-10-20(19-8-7-17-5-3-4-6-18(17)9-19)11-22(12-21)24-13-25(28-27-24)33-15-26(31)32/h3-12,14H,13,15H2,1-2H3,(H,31,32). The molecule has 3 aromatic carbocycles. The SMILES string of the molecule is Cc1nn(C)cc1-c1cc(C2=NN=C(SCC(=O)O)C2)cc(-c2ccc3ccccc3c2)c1. The number of nitrogens with zero attached hydrogens (tertiary/aromatic N) is 4. The predicted molar refractivity (Wildman–Crippen MR) is 135 cm³/mol. The molecule has 0 aliphatic carbocycles. The van der Waals surface area contributed by atoms with Gasteiger partial charge in [-0.3, -0.25) is 9.48 Å². The van der Waals surface area contributed by atoms with E-state index in [0.717, 1.165) is 44.3 Å². The third kappa shape index (κ3) is 4.45. The molecule has 2 heterocycles. The van der Waals surface area contributed by atoms with E-state index in [1.54, 1.807) is 0 Å². The Morgan fingerprint density at radius 3 is 2.48 bits per heavy atom. The number of thioether (sulfide) groups is 1. The molecule has 0 radical (unpaired) electrons. The van der Waals surface area contributed by atoms with E-state index in [4.69, 9.17) is 5.11 Å². The molecule has 6 nitrogen and oxygen atoms in total. The second kappa shape index (κ2) is 8.67. The minimum absolute atomic E-state index is 0.0150. The molecule has 0 saturated carbocycles. The summed E-state index contributed by atoms with van der Waals surface area (Å²) in [6.07, 6.45) is 2.56. The molecule has 1 aliphatic heterocycles. The van der Waals surface area contributed by atoms with Gasteiger partial charge in [-0.1, -0.05) is 48.2 Å². The summed E-state index contributed by atoms with van der Waals surface area (Å²) >= 11 is 1.22. The van der Waals surface area contributed by atoms with Gasteiger partial charge in [0.25, 0.3) is 0 Å². The number of carboxylic acids is 1. The zero-order valence-corrected chi connectivity index (χ0v) is 19.1. The summed E-state index contributed by atoms with van der Waals surface area (Å²) in [5, 5.41) is 25.2. The molecule has 0 amide bonds. The first kappa shape index (κ1) is 21.2. The van der Waals surface area contributed by atoms with Gasteiger partial charge in [-0.05, 0) is 64.2 Å². The third-order valence-corrected chi connectivity index (χ3v) is 6.59. The molecule has 0 fully saturated rings. The van der Waals surface area contributed by atoms with Gasteiger partial charge in [0, 0.05) is 25.2 Å². The van der Waals surface area contributed by atoms with Crippen molar-refractivity contribution in [3.05, 3.63) is 78.1 Å². The van der Waals surface area contributed by atoms with E-state index < -0.39 is 5.97 Å². The van der Waals surface area contributed by atoms with Gasteiger partial charge in [0.05, 0.1) is 17.2 Å². The molecule has 4 aromatic rings. The second-order valence-corrected chi connectivity index (χ2v) is 9.11. The summed E-state index contributed by atoms with van der Waals surface area (Å²) in [4.78, 5) is 10.9. The molecule has 164 valence electrons. The lowest BCUT2D eigenvalue weighted by atomic mass is 9.93. The number of benzene rings is 3. The quantitative estimate of drug-likeness (QED) is 0.429. The molecular formula is C26H22N4O2S. The predicted octanol–water partition coefficient (Wildman–Crippen LogP) is 5.54. The minimum atomic E-state index is -0.858. The molecule has 0 saturated heterocycles. The highest BCUT2D eigenvalue weighted by molar-refractivity contribution is 8.14. The second-order valence-electron chi connectivity index (χ2n) is 8.06. The fourth-order valence-electron chi connectivity index (χ4n) is 4.08.